The van der Waals surface area contributed by atoms with Crippen LogP contribution in [0.1, 0.15) is 11.1 Å². The number of para-hydroxylation sites is 1. The second kappa shape index (κ2) is 8.05. The Kier molecular flexibility index (Phi) is 5.82. The van der Waals surface area contributed by atoms with Crippen molar-refractivity contribution < 1.29 is 9.47 Å². The molecule has 2 aromatic carbocycles. The molecule has 23 heavy (non-hydrogen) atoms. The summed E-state index contributed by atoms with van der Waals surface area (Å²) in [5.74, 6) is 1.03. The highest BCUT2D eigenvalue weighted by Gasteiger charge is 2.09. The minimum absolute atomic E-state index is 0.118. The molecule has 0 fully saturated rings. The minimum atomic E-state index is -0.118. The van der Waals surface area contributed by atoms with Crippen LogP contribution in [0.15, 0.2) is 52.7 Å². The molecule has 0 aliphatic heterocycles. The highest BCUT2D eigenvalue weighted by Crippen LogP contribution is 2.31. The van der Waals surface area contributed by atoms with E-state index in [0.717, 1.165) is 5.56 Å². The number of ether oxygens (including phenoxy) is 2. The fraction of sp³-hybridized carbons (Fsp3) is 0.125. The van der Waals surface area contributed by atoms with E-state index in [1.807, 2.05) is 36.4 Å². The average molecular weight is 333 g/mol. The van der Waals surface area contributed by atoms with Gasteiger partial charge in [0.15, 0.2) is 11.5 Å². The molecule has 0 atom stereocenters. The van der Waals surface area contributed by atoms with E-state index < -0.39 is 0 Å². The molecule has 120 valence electrons. The number of halogens is 1. The van der Waals surface area contributed by atoms with Gasteiger partial charge in [-0.2, -0.15) is 5.10 Å². The first kappa shape index (κ1) is 16.6. The van der Waals surface area contributed by atoms with Crippen molar-refractivity contribution in [3.63, 3.8) is 0 Å². The first-order chi connectivity index (χ1) is 11.1. The highest BCUT2D eigenvalue weighted by molar-refractivity contribution is 6.30. The Balaban J connectivity index is 2.22. The molecule has 0 spiro atoms. The smallest absolute Gasteiger partial charge is 0.211 e. The summed E-state index contributed by atoms with van der Waals surface area (Å²) < 4.78 is 11.2. The molecule has 0 saturated heterocycles. The Morgan fingerprint density at radius 3 is 2.57 bits per heavy atom. The lowest BCUT2D eigenvalue weighted by Crippen LogP contribution is -2.21. The second-order valence-corrected chi connectivity index (χ2v) is 5.00. The Morgan fingerprint density at radius 1 is 1.17 bits per heavy atom. The van der Waals surface area contributed by atoms with Gasteiger partial charge in [0, 0.05) is 10.6 Å². The zero-order valence-corrected chi connectivity index (χ0v) is 13.3. The van der Waals surface area contributed by atoms with Gasteiger partial charge in [-0.3, -0.25) is 0 Å². The van der Waals surface area contributed by atoms with Gasteiger partial charge >= 0.3 is 0 Å². The summed E-state index contributed by atoms with van der Waals surface area (Å²) in [5.41, 5.74) is 12.2. The summed E-state index contributed by atoms with van der Waals surface area (Å²) in [4.78, 5) is 0. The standard InChI is InChI=1S/C16H17ClN4O2/c1-22-14-4-2-3-12(9-20-21-16(18)19)15(14)23-10-11-5-7-13(17)8-6-11/h2-9H,10H2,1H3,(H4,18,19,21). The van der Waals surface area contributed by atoms with E-state index in [1.165, 1.54) is 6.21 Å². The molecule has 0 radical (unpaired) electrons. The van der Waals surface area contributed by atoms with Gasteiger partial charge in [-0.1, -0.05) is 29.8 Å². The lowest BCUT2D eigenvalue weighted by molar-refractivity contribution is 0.284. The number of methoxy groups -OCH3 is 1. The molecule has 7 heteroatoms. The third-order valence-corrected chi connectivity index (χ3v) is 3.15. The molecule has 2 rings (SSSR count). The van der Waals surface area contributed by atoms with Crippen LogP contribution in [0.25, 0.3) is 0 Å². The zero-order valence-electron chi connectivity index (χ0n) is 12.6. The van der Waals surface area contributed by atoms with Crippen molar-refractivity contribution >= 4 is 23.8 Å². The molecule has 0 heterocycles. The van der Waals surface area contributed by atoms with Crippen molar-refractivity contribution in [1.29, 1.82) is 0 Å². The summed E-state index contributed by atoms with van der Waals surface area (Å²) in [6.07, 6.45) is 1.50. The van der Waals surface area contributed by atoms with E-state index in [-0.39, 0.29) is 5.96 Å². The van der Waals surface area contributed by atoms with Gasteiger partial charge in [-0.15, -0.1) is 5.10 Å². The largest absolute Gasteiger partial charge is 0.493 e. The third kappa shape index (κ3) is 4.89. The van der Waals surface area contributed by atoms with Gasteiger partial charge in [0.25, 0.3) is 0 Å². The first-order valence-corrected chi connectivity index (χ1v) is 7.14. The maximum atomic E-state index is 5.87. The van der Waals surface area contributed by atoms with Crippen molar-refractivity contribution in [3.05, 3.63) is 58.6 Å². The van der Waals surface area contributed by atoms with Crippen molar-refractivity contribution in [2.45, 2.75) is 6.61 Å². The number of guanidine groups is 1. The van der Waals surface area contributed by atoms with E-state index in [2.05, 4.69) is 10.2 Å². The van der Waals surface area contributed by atoms with E-state index in [4.69, 9.17) is 32.5 Å². The maximum Gasteiger partial charge on any atom is 0.211 e. The van der Waals surface area contributed by atoms with Gasteiger partial charge in [-0.25, -0.2) is 0 Å². The van der Waals surface area contributed by atoms with Crippen LogP contribution in [-0.2, 0) is 6.61 Å². The molecule has 2 aromatic rings. The van der Waals surface area contributed by atoms with Crippen LogP contribution >= 0.6 is 11.6 Å². The summed E-state index contributed by atoms with van der Waals surface area (Å²) in [7, 11) is 1.57. The van der Waals surface area contributed by atoms with Crippen LogP contribution < -0.4 is 20.9 Å². The predicted molar refractivity (Wildman–Crippen MR) is 92.2 cm³/mol. The molecule has 0 saturated carbocycles. The van der Waals surface area contributed by atoms with E-state index in [9.17, 15) is 0 Å². The summed E-state index contributed by atoms with van der Waals surface area (Å²) >= 11 is 5.87. The molecule has 4 N–H and O–H groups in total. The minimum Gasteiger partial charge on any atom is -0.493 e. The van der Waals surface area contributed by atoms with Gasteiger partial charge in [0.05, 0.1) is 13.3 Å². The fourth-order valence-corrected chi connectivity index (χ4v) is 1.97. The van der Waals surface area contributed by atoms with E-state index in [1.54, 1.807) is 13.2 Å². The SMILES string of the molecule is COc1cccc(C=NN=C(N)N)c1OCc1ccc(Cl)cc1. The van der Waals surface area contributed by atoms with E-state index >= 15 is 0 Å². The molecule has 0 amide bonds. The van der Waals surface area contributed by atoms with Gasteiger partial charge < -0.3 is 20.9 Å². The van der Waals surface area contributed by atoms with Gasteiger partial charge in [-0.05, 0) is 29.8 Å². The van der Waals surface area contributed by atoms with Crippen LogP contribution in [0.3, 0.4) is 0 Å². The van der Waals surface area contributed by atoms with Gasteiger partial charge in [0.2, 0.25) is 5.96 Å². The molecular weight excluding hydrogens is 316 g/mol. The summed E-state index contributed by atoms with van der Waals surface area (Å²) in [5, 5.41) is 8.06. The van der Waals surface area contributed by atoms with Crippen molar-refractivity contribution in [2.24, 2.45) is 21.7 Å². The monoisotopic (exact) mass is 332 g/mol. The molecule has 0 aliphatic carbocycles. The molecule has 0 aromatic heterocycles. The molecule has 6 nitrogen and oxygen atoms in total. The lowest BCUT2D eigenvalue weighted by atomic mass is 10.2. The first-order valence-electron chi connectivity index (χ1n) is 6.76. The third-order valence-electron chi connectivity index (χ3n) is 2.90. The molecule has 0 aliphatic rings. The number of nitrogens with two attached hydrogens (primary N) is 2. The van der Waals surface area contributed by atoms with Crippen LogP contribution in [0.4, 0.5) is 0 Å². The summed E-state index contributed by atoms with van der Waals surface area (Å²) in [6, 6.07) is 12.9. The number of rotatable bonds is 6. The zero-order chi connectivity index (χ0) is 16.7. The quantitative estimate of drug-likeness (QED) is 0.482. The normalized spacial score (nSPS) is 10.5. The summed E-state index contributed by atoms with van der Waals surface area (Å²) in [6.45, 7) is 0.362. The molecular formula is C16H17ClN4O2. The van der Waals surface area contributed by atoms with Crippen LogP contribution in [-0.4, -0.2) is 19.3 Å². The van der Waals surface area contributed by atoms with Crippen molar-refractivity contribution in [1.82, 2.24) is 0 Å². The maximum absolute atomic E-state index is 5.87. The van der Waals surface area contributed by atoms with Crippen LogP contribution in [0, 0.1) is 0 Å². The number of benzene rings is 2. The Bertz CT molecular complexity index is 711. The number of nitrogens with zero attached hydrogens (tertiary/aromatic N) is 2. The van der Waals surface area contributed by atoms with Crippen molar-refractivity contribution in [2.75, 3.05) is 7.11 Å². The Hall–Kier alpha value is -2.73. The van der Waals surface area contributed by atoms with E-state index in [0.29, 0.717) is 28.7 Å². The van der Waals surface area contributed by atoms with Crippen LogP contribution in [0.5, 0.6) is 11.5 Å². The Morgan fingerprint density at radius 2 is 1.91 bits per heavy atom. The highest BCUT2D eigenvalue weighted by atomic mass is 35.5. The second-order valence-electron chi connectivity index (χ2n) is 4.56. The van der Waals surface area contributed by atoms with Crippen molar-refractivity contribution in [3.8, 4) is 11.5 Å². The number of hydrogen-bond acceptors (Lipinski definition) is 4. The Labute approximate surface area is 139 Å². The topological polar surface area (TPSA) is 95.2 Å². The number of hydrogen-bond donors (Lipinski definition) is 2. The molecule has 0 bridgehead atoms. The average Bonchev–Trinajstić information content (AvgIpc) is 2.54. The molecule has 0 unspecified atom stereocenters. The van der Waals surface area contributed by atoms with Crippen LogP contribution in [0.2, 0.25) is 5.02 Å². The fourth-order valence-electron chi connectivity index (χ4n) is 1.84. The van der Waals surface area contributed by atoms with Gasteiger partial charge in [0.1, 0.15) is 6.61 Å². The predicted octanol–water partition coefficient (Wildman–Crippen LogP) is 2.53. The lowest BCUT2D eigenvalue weighted by Gasteiger charge is -2.13.